The number of benzene rings is 3. The maximum Gasteiger partial charge on any atom is 0.265 e. The van der Waals surface area contributed by atoms with Crippen molar-refractivity contribution in [2.24, 2.45) is 0 Å². The van der Waals surface area contributed by atoms with E-state index in [0.717, 1.165) is 39.1 Å². The zero-order valence-corrected chi connectivity index (χ0v) is 17.2. The average Bonchev–Trinajstić information content (AvgIpc) is 2.76. The van der Waals surface area contributed by atoms with Crippen molar-refractivity contribution in [1.29, 1.82) is 0 Å². The summed E-state index contributed by atoms with van der Waals surface area (Å²) >= 11 is 0. The number of nitrogens with one attached hydrogen (secondary N) is 1. The Balaban J connectivity index is 1.45. The van der Waals surface area contributed by atoms with Crippen LogP contribution in [0.3, 0.4) is 0 Å². The Bertz CT molecular complexity index is 1180. The highest BCUT2D eigenvalue weighted by Gasteiger charge is 2.17. The minimum Gasteiger partial charge on any atom is -0.481 e. The van der Waals surface area contributed by atoms with Crippen LogP contribution in [0.15, 0.2) is 72.9 Å². The molecule has 0 saturated heterocycles. The number of amides is 1. The van der Waals surface area contributed by atoms with E-state index in [4.69, 9.17) is 4.74 Å². The molecular weight excluding hydrogens is 374 g/mol. The number of rotatable bonds is 5. The van der Waals surface area contributed by atoms with Crippen LogP contribution in [0.25, 0.3) is 22.3 Å². The quantitative estimate of drug-likeness (QED) is 0.495. The molecule has 5 heteroatoms. The molecule has 4 aromatic rings. The SMILES string of the molecule is Cc1cccc(C)c1NC(=O)[C@H](C)Oc1ccc(-c2cnc3ccccc3n2)cc1. The van der Waals surface area contributed by atoms with E-state index in [1.54, 1.807) is 13.1 Å². The van der Waals surface area contributed by atoms with Crippen molar-refractivity contribution in [3.63, 3.8) is 0 Å². The van der Waals surface area contributed by atoms with Gasteiger partial charge in [-0.05, 0) is 68.3 Å². The van der Waals surface area contributed by atoms with Crippen molar-refractivity contribution in [1.82, 2.24) is 9.97 Å². The Labute approximate surface area is 175 Å². The van der Waals surface area contributed by atoms with Crippen LogP contribution in [-0.2, 0) is 4.79 Å². The number of nitrogens with zero attached hydrogens (tertiary/aromatic N) is 2. The van der Waals surface area contributed by atoms with Crippen LogP contribution in [-0.4, -0.2) is 22.0 Å². The van der Waals surface area contributed by atoms with E-state index in [0.29, 0.717) is 5.75 Å². The Hall–Kier alpha value is -3.73. The van der Waals surface area contributed by atoms with Gasteiger partial charge in [0.15, 0.2) is 6.10 Å². The van der Waals surface area contributed by atoms with E-state index < -0.39 is 6.10 Å². The van der Waals surface area contributed by atoms with Crippen LogP contribution in [0.2, 0.25) is 0 Å². The Morgan fingerprint density at radius 3 is 2.27 bits per heavy atom. The number of carbonyl (C=O) groups is 1. The molecule has 0 aliphatic carbocycles. The summed E-state index contributed by atoms with van der Waals surface area (Å²) in [5.74, 6) is 0.438. The lowest BCUT2D eigenvalue weighted by atomic mass is 10.1. The van der Waals surface area contributed by atoms with E-state index in [1.807, 2.05) is 80.6 Å². The average molecular weight is 397 g/mol. The number of para-hydroxylation sites is 3. The molecule has 0 fully saturated rings. The molecule has 0 aliphatic rings. The molecular formula is C25H23N3O2. The first kappa shape index (κ1) is 19.6. The highest BCUT2D eigenvalue weighted by Crippen LogP contribution is 2.24. The molecule has 1 amide bonds. The smallest absolute Gasteiger partial charge is 0.265 e. The third-order valence-electron chi connectivity index (χ3n) is 5.01. The summed E-state index contributed by atoms with van der Waals surface area (Å²) in [5.41, 5.74) is 6.34. The van der Waals surface area contributed by atoms with Crippen LogP contribution < -0.4 is 10.1 Å². The fourth-order valence-electron chi connectivity index (χ4n) is 3.29. The largest absolute Gasteiger partial charge is 0.481 e. The summed E-state index contributed by atoms with van der Waals surface area (Å²) in [4.78, 5) is 21.7. The lowest BCUT2D eigenvalue weighted by molar-refractivity contribution is -0.122. The fraction of sp³-hybridized carbons (Fsp3) is 0.160. The summed E-state index contributed by atoms with van der Waals surface area (Å²) in [6, 6.07) is 21.2. The third kappa shape index (κ3) is 4.15. The summed E-state index contributed by atoms with van der Waals surface area (Å²) in [7, 11) is 0. The second-order valence-corrected chi connectivity index (χ2v) is 7.28. The molecule has 1 aromatic heterocycles. The van der Waals surface area contributed by atoms with Gasteiger partial charge in [-0.3, -0.25) is 9.78 Å². The molecule has 0 unspecified atom stereocenters. The number of ether oxygens (including phenoxy) is 1. The van der Waals surface area contributed by atoms with E-state index >= 15 is 0 Å². The number of anilines is 1. The second kappa shape index (κ2) is 8.33. The van der Waals surface area contributed by atoms with E-state index in [9.17, 15) is 4.79 Å². The zero-order chi connectivity index (χ0) is 21.1. The zero-order valence-electron chi connectivity index (χ0n) is 17.2. The predicted molar refractivity (Wildman–Crippen MR) is 120 cm³/mol. The van der Waals surface area contributed by atoms with Crippen molar-refractivity contribution in [2.45, 2.75) is 26.9 Å². The summed E-state index contributed by atoms with van der Waals surface area (Å²) in [6.07, 6.45) is 1.13. The lowest BCUT2D eigenvalue weighted by Gasteiger charge is -2.17. The highest BCUT2D eigenvalue weighted by atomic mass is 16.5. The van der Waals surface area contributed by atoms with Gasteiger partial charge >= 0.3 is 0 Å². The number of aryl methyl sites for hydroxylation is 2. The molecule has 1 heterocycles. The molecule has 1 atom stereocenters. The van der Waals surface area contributed by atoms with Crippen LogP contribution in [0.4, 0.5) is 5.69 Å². The van der Waals surface area contributed by atoms with E-state index in [-0.39, 0.29) is 5.91 Å². The van der Waals surface area contributed by atoms with E-state index in [2.05, 4.69) is 15.3 Å². The van der Waals surface area contributed by atoms with Crippen LogP contribution in [0, 0.1) is 13.8 Å². The van der Waals surface area contributed by atoms with Gasteiger partial charge in [0.25, 0.3) is 5.91 Å². The molecule has 1 N–H and O–H groups in total. The first-order valence-electron chi connectivity index (χ1n) is 9.87. The van der Waals surface area contributed by atoms with Gasteiger partial charge in [-0.1, -0.05) is 30.3 Å². The van der Waals surface area contributed by atoms with Crippen LogP contribution in [0.1, 0.15) is 18.1 Å². The van der Waals surface area contributed by atoms with Crippen molar-refractivity contribution < 1.29 is 9.53 Å². The minimum atomic E-state index is -0.629. The van der Waals surface area contributed by atoms with Gasteiger partial charge in [0.05, 0.1) is 22.9 Å². The van der Waals surface area contributed by atoms with Gasteiger partial charge in [0.1, 0.15) is 5.75 Å². The number of carbonyl (C=O) groups excluding carboxylic acids is 1. The fourth-order valence-corrected chi connectivity index (χ4v) is 3.29. The number of hydrogen-bond donors (Lipinski definition) is 1. The molecule has 5 nitrogen and oxygen atoms in total. The Kier molecular flexibility index (Phi) is 5.44. The number of aromatic nitrogens is 2. The van der Waals surface area contributed by atoms with E-state index in [1.165, 1.54) is 0 Å². The third-order valence-corrected chi connectivity index (χ3v) is 5.01. The maximum absolute atomic E-state index is 12.6. The molecule has 3 aromatic carbocycles. The number of fused-ring (bicyclic) bond motifs is 1. The lowest BCUT2D eigenvalue weighted by Crippen LogP contribution is -2.30. The highest BCUT2D eigenvalue weighted by molar-refractivity contribution is 5.95. The molecule has 0 aliphatic heterocycles. The first-order chi connectivity index (χ1) is 14.5. The van der Waals surface area contributed by atoms with Gasteiger partial charge in [-0.2, -0.15) is 0 Å². The van der Waals surface area contributed by atoms with Crippen molar-refractivity contribution in [3.05, 3.63) is 84.1 Å². The molecule has 0 radical (unpaired) electrons. The summed E-state index contributed by atoms with van der Waals surface area (Å²) in [6.45, 7) is 5.69. The minimum absolute atomic E-state index is 0.183. The van der Waals surface area contributed by atoms with Crippen molar-refractivity contribution in [2.75, 3.05) is 5.32 Å². The van der Waals surface area contributed by atoms with Crippen molar-refractivity contribution in [3.8, 4) is 17.0 Å². The Morgan fingerprint density at radius 2 is 1.57 bits per heavy atom. The molecule has 0 saturated carbocycles. The number of hydrogen-bond acceptors (Lipinski definition) is 4. The topological polar surface area (TPSA) is 64.1 Å². The summed E-state index contributed by atoms with van der Waals surface area (Å²) < 4.78 is 5.84. The van der Waals surface area contributed by atoms with Gasteiger partial charge in [-0.15, -0.1) is 0 Å². The van der Waals surface area contributed by atoms with Gasteiger partial charge in [0, 0.05) is 11.3 Å². The van der Waals surface area contributed by atoms with Gasteiger partial charge in [0.2, 0.25) is 0 Å². The summed E-state index contributed by atoms with van der Waals surface area (Å²) in [5, 5.41) is 2.97. The molecule has 4 rings (SSSR count). The Morgan fingerprint density at radius 1 is 0.900 bits per heavy atom. The predicted octanol–water partition coefficient (Wildman–Crippen LogP) is 5.32. The normalized spacial score (nSPS) is 11.8. The molecule has 0 bridgehead atoms. The van der Waals surface area contributed by atoms with Crippen molar-refractivity contribution >= 4 is 22.6 Å². The van der Waals surface area contributed by atoms with Gasteiger partial charge < -0.3 is 10.1 Å². The van der Waals surface area contributed by atoms with Gasteiger partial charge in [-0.25, -0.2) is 4.98 Å². The molecule has 150 valence electrons. The molecule has 30 heavy (non-hydrogen) atoms. The molecule has 0 spiro atoms. The second-order valence-electron chi connectivity index (χ2n) is 7.28. The monoisotopic (exact) mass is 397 g/mol. The van der Waals surface area contributed by atoms with Crippen LogP contribution >= 0.6 is 0 Å². The van der Waals surface area contributed by atoms with Crippen LogP contribution in [0.5, 0.6) is 5.75 Å². The maximum atomic E-state index is 12.6. The first-order valence-corrected chi connectivity index (χ1v) is 9.87. The standard InChI is InChI=1S/C25H23N3O2/c1-16-7-6-8-17(2)24(16)28-25(29)18(3)30-20-13-11-19(12-14-20)23-15-26-21-9-4-5-10-22(21)27-23/h4-15,18H,1-3H3,(H,28,29)/t18-/m0/s1.